The minimum absolute atomic E-state index is 0.000864. The van der Waals surface area contributed by atoms with Gasteiger partial charge in [0.15, 0.2) is 10.9 Å². The summed E-state index contributed by atoms with van der Waals surface area (Å²) in [4.78, 5) is 24.6. The number of anilines is 1. The number of aromatic nitrogens is 3. The van der Waals surface area contributed by atoms with Crippen LogP contribution in [-0.4, -0.2) is 32.2 Å². The molecule has 2 aromatic heterocycles. The van der Waals surface area contributed by atoms with Crippen LogP contribution in [0.2, 0.25) is 0 Å². The maximum Gasteiger partial charge on any atom is 0.234 e. The van der Waals surface area contributed by atoms with Crippen molar-refractivity contribution >= 4 is 40.5 Å². The van der Waals surface area contributed by atoms with E-state index in [1.54, 1.807) is 35.6 Å². The Labute approximate surface area is 159 Å². The van der Waals surface area contributed by atoms with Gasteiger partial charge in [0.1, 0.15) is 5.82 Å². The lowest BCUT2D eigenvalue weighted by molar-refractivity contribution is -0.113. The van der Waals surface area contributed by atoms with Crippen molar-refractivity contribution in [1.29, 1.82) is 0 Å². The van der Waals surface area contributed by atoms with Gasteiger partial charge in [-0.05, 0) is 42.6 Å². The maximum atomic E-state index is 12.1. The van der Waals surface area contributed by atoms with Gasteiger partial charge in [-0.3, -0.25) is 9.59 Å². The fourth-order valence-electron chi connectivity index (χ4n) is 2.31. The molecule has 0 atom stereocenters. The fourth-order valence-corrected chi connectivity index (χ4v) is 3.74. The first-order valence-corrected chi connectivity index (χ1v) is 9.84. The van der Waals surface area contributed by atoms with Crippen LogP contribution in [0.15, 0.2) is 46.9 Å². The highest BCUT2D eigenvalue weighted by Gasteiger charge is 2.12. The van der Waals surface area contributed by atoms with Gasteiger partial charge in [0.25, 0.3) is 0 Å². The highest BCUT2D eigenvalue weighted by Crippen LogP contribution is 2.19. The first-order chi connectivity index (χ1) is 12.5. The summed E-state index contributed by atoms with van der Waals surface area (Å²) in [6, 6.07) is 10.9. The molecule has 3 aromatic rings. The molecule has 6 nitrogen and oxygen atoms in total. The van der Waals surface area contributed by atoms with Crippen LogP contribution in [0.4, 0.5) is 5.69 Å². The number of carbonyl (C=O) groups excluding carboxylic acids is 2. The molecular weight excluding hydrogens is 368 g/mol. The number of Topliss-reactive ketones (excluding diaryl/α,β-unsaturated/α-hetero) is 1. The number of thiophene rings is 1. The zero-order valence-electron chi connectivity index (χ0n) is 14.4. The van der Waals surface area contributed by atoms with E-state index in [4.69, 9.17) is 0 Å². The van der Waals surface area contributed by atoms with E-state index in [2.05, 4.69) is 21.6 Å². The summed E-state index contributed by atoms with van der Waals surface area (Å²) >= 11 is 3.03. The predicted molar refractivity (Wildman–Crippen MR) is 104 cm³/mol. The first-order valence-electron chi connectivity index (χ1n) is 7.97. The minimum atomic E-state index is -0.131. The van der Waals surface area contributed by atoms with Gasteiger partial charge in [-0.25, -0.2) is 0 Å². The number of nitrogens with zero attached hydrogens (tertiary/aromatic N) is 3. The van der Waals surface area contributed by atoms with Crippen molar-refractivity contribution in [2.24, 2.45) is 7.05 Å². The predicted octanol–water partition coefficient (Wildman–Crippen LogP) is 3.40. The Bertz CT molecular complexity index is 902. The van der Waals surface area contributed by atoms with Crippen LogP contribution in [0.3, 0.4) is 0 Å². The van der Waals surface area contributed by atoms with E-state index in [-0.39, 0.29) is 17.4 Å². The molecule has 3 rings (SSSR count). The molecule has 2 heterocycles. The highest BCUT2D eigenvalue weighted by atomic mass is 32.2. The second kappa shape index (κ2) is 8.29. The lowest BCUT2D eigenvalue weighted by Gasteiger charge is -2.06. The summed E-state index contributed by atoms with van der Waals surface area (Å²) in [5.74, 6) is 0.974. The Balaban J connectivity index is 1.54. The van der Waals surface area contributed by atoms with E-state index < -0.39 is 0 Å². The van der Waals surface area contributed by atoms with Gasteiger partial charge in [0.2, 0.25) is 5.91 Å². The highest BCUT2D eigenvalue weighted by molar-refractivity contribution is 7.99. The van der Waals surface area contributed by atoms with Crippen molar-refractivity contribution < 1.29 is 9.59 Å². The second-order valence-corrected chi connectivity index (χ2v) is 7.66. The number of hydrogen-bond acceptors (Lipinski definition) is 6. The minimum Gasteiger partial charge on any atom is -0.325 e. The van der Waals surface area contributed by atoms with Crippen LogP contribution in [0.5, 0.6) is 0 Å². The first kappa shape index (κ1) is 18.3. The van der Waals surface area contributed by atoms with E-state index >= 15 is 0 Å². The van der Waals surface area contributed by atoms with Crippen LogP contribution in [0.25, 0.3) is 0 Å². The van der Waals surface area contributed by atoms with Crippen molar-refractivity contribution in [3.8, 4) is 0 Å². The molecule has 1 amide bonds. The summed E-state index contributed by atoms with van der Waals surface area (Å²) in [5.41, 5.74) is 1.28. The Morgan fingerprint density at radius 3 is 2.62 bits per heavy atom. The quantitative estimate of drug-likeness (QED) is 0.497. The van der Waals surface area contributed by atoms with E-state index in [0.717, 1.165) is 12.2 Å². The van der Waals surface area contributed by atoms with Crippen molar-refractivity contribution in [3.05, 3.63) is 58.0 Å². The number of amides is 1. The Morgan fingerprint density at radius 1 is 1.19 bits per heavy atom. The van der Waals surface area contributed by atoms with Crippen LogP contribution >= 0.6 is 23.1 Å². The monoisotopic (exact) mass is 386 g/mol. The molecule has 0 aliphatic heterocycles. The molecule has 26 heavy (non-hydrogen) atoms. The van der Waals surface area contributed by atoms with E-state index in [1.165, 1.54) is 23.6 Å². The summed E-state index contributed by atoms with van der Waals surface area (Å²) in [7, 11) is 1.91. The normalized spacial score (nSPS) is 10.7. The smallest absolute Gasteiger partial charge is 0.234 e. The number of nitrogens with one attached hydrogen (secondary N) is 1. The second-order valence-electron chi connectivity index (χ2n) is 5.68. The number of benzene rings is 1. The molecule has 0 saturated heterocycles. The largest absolute Gasteiger partial charge is 0.325 e. The van der Waals surface area contributed by atoms with E-state index in [0.29, 0.717) is 16.4 Å². The van der Waals surface area contributed by atoms with E-state index in [9.17, 15) is 9.59 Å². The van der Waals surface area contributed by atoms with Crippen LogP contribution < -0.4 is 5.32 Å². The van der Waals surface area contributed by atoms with Gasteiger partial charge in [0.05, 0.1) is 5.75 Å². The van der Waals surface area contributed by atoms with Crippen molar-refractivity contribution in [1.82, 2.24) is 14.8 Å². The molecule has 1 aromatic carbocycles. The third kappa shape index (κ3) is 4.59. The van der Waals surface area contributed by atoms with Gasteiger partial charge in [-0.15, -0.1) is 21.5 Å². The lowest BCUT2D eigenvalue weighted by Crippen LogP contribution is -2.14. The molecule has 0 saturated carbocycles. The number of hydrogen-bond donors (Lipinski definition) is 1. The summed E-state index contributed by atoms with van der Waals surface area (Å²) in [6.07, 6.45) is 0.733. The van der Waals surface area contributed by atoms with Gasteiger partial charge in [0, 0.05) is 29.6 Å². The molecule has 0 spiro atoms. The van der Waals surface area contributed by atoms with Crippen molar-refractivity contribution in [3.63, 3.8) is 0 Å². The summed E-state index contributed by atoms with van der Waals surface area (Å²) < 4.78 is 1.92. The van der Waals surface area contributed by atoms with Gasteiger partial charge in [-0.1, -0.05) is 17.8 Å². The third-order valence-electron chi connectivity index (χ3n) is 3.75. The summed E-state index contributed by atoms with van der Waals surface area (Å²) in [6.45, 7) is 1.51. The average molecular weight is 387 g/mol. The third-order valence-corrected chi connectivity index (χ3v) is 5.64. The van der Waals surface area contributed by atoms with Crippen LogP contribution in [0.1, 0.15) is 28.0 Å². The Morgan fingerprint density at radius 2 is 1.96 bits per heavy atom. The molecule has 0 fully saturated rings. The van der Waals surface area contributed by atoms with Gasteiger partial charge >= 0.3 is 0 Å². The molecule has 0 aliphatic rings. The van der Waals surface area contributed by atoms with E-state index in [1.807, 2.05) is 23.1 Å². The van der Waals surface area contributed by atoms with Crippen LogP contribution in [-0.2, 0) is 18.3 Å². The van der Waals surface area contributed by atoms with Gasteiger partial charge in [-0.2, -0.15) is 0 Å². The molecule has 0 bridgehead atoms. The number of thioether (sulfide) groups is 1. The number of rotatable bonds is 7. The molecule has 0 unspecified atom stereocenters. The van der Waals surface area contributed by atoms with Crippen molar-refractivity contribution in [2.45, 2.75) is 18.5 Å². The molecule has 0 radical (unpaired) electrons. The Kier molecular flexibility index (Phi) is 5.85. The molecular formula is C18H18N4O2S2. The SMILES string of the molecule is CC(=O)c1ccc(NC(=O)CSc2nnc(Cc3cccs3)n2C)cc1. The zero-order valence-corrected chi connectivity index (χ0v) is 16.1. The average Bonchev–Trinajstić information content (AvgIpc) is 3.25. The summed E-state index contributed by atoms with van der Waals surface area (Å²) in [5, 5.41) is 13.9. The zero-order chi connectivity index (χ0) is 18.5. The molecule has 0 aliphatic carbocycles. The standard InChI is InChI=1S/C18H18N4O2S2/c1-12(23)13-5-7-14(8-6-13)19-17(24)11-26-18-21-20-16(22(18)2)10-15-4-3-9-25-15/h3-9H,10-11H2,1-2H3,(H,19,24). The lowest BCUT2D eigenvalue weighted by atomic mass is 10.1. The maximum absolute atomic E-state index is 12.1. The number of carbonyl (C=O) groups is 2. The fraction of sp³-hybridized carbons (Fsp3) is 0.222. The molecule has 1 N–H and O–H groups in total. The molecule has 134 valence electrons. The van der Waals surface area contributed by atoms with Gasteiger partial charge < -0.3 is 9.88 Å². The number of ketones is 1. The topological polar surface area (TPSA) is 76.9 Å². The van der Waals surface area contributed by atoms with Crippen molar-refractivity contribution in [2.75, 3.05) is 11.1 Å². The van der Waals surface area contributed by atoms with Crippen LogP contribution in [0, 0.1) is 0 Å². The Hall–Kier alpha value is -2.45. The molecule has 8 heteroatoms.